The summed E-state index contributed by atoms with van der Waals surface area (Å²) in [5.74, 6) is 0.737. The molecule has 0 fully saturated rings. The van der Waals surface area contributed by atoms with Gasteiger partial charge in [-0.05, 0) is 44.7 Å². The molecule has 0 saturated heterocycles. The third-order valence-corrected chi connectivity index (χ3v) is 3.93. The number of hydrogen-bond donors (Lipinski definition) is 2. The van der Waals surface area contributed by atoms with E-state index in [1.54, 1.807) is 12.3 Å². The number of hydrogen-bond acceptors (Lipinski definition) is 4. The zero-order valence-corrected chi connectivity index (χ0v) is 19.4. The van der Waals surface area contributed by atoms with Crippen molar-refractivity contribution in [1.82, 2.24) is 15.6 Å². The van der Waals surface area contributed by atoms with Crippen molar-refractivity contribution in [2.45, 2.75) is 52.4 Å². The van der Waals surface area contributed by atoms with E-state index in [0.717, 1.165) is 63.3 Å². The van der Waals surface area contributed by atoms with Gasteiger partial charge in [0.1, 0.15) is 5.15 Å². The van der Waals surface area contributed by atoms with E-state index in [1.807, 2.05) is 13.0 Å². The molecule has 0 aromatic carbocycles. The van der Waals surface area contributed by atoms with E-state index in [0.29, 0.717) is 18.2 Å². The topological polar surface area (TPSA) is 75.6 Å². The molecule has 0 saturated carbocycles. The Morgan fingerprint density at radius 3 is 2.63 bits per heavy atom. The number of nitrogens with zero attached hydrogens (tertiary/aromatic N) is 2. The molecule has 2 N–H and O–H groups in total. The predicted octanol–water partition coefficient (Wildman–Crippen LogP) is 3.96. The van der Waals surface area contributed by atoms with Crippen molar-refractivity contribution in [3.63, 3.8) is 0 Å². The fourth-order valence-corrected chi connectivity index (χ4v) is 2.49. The summed E-state index contributed by atoms with van der Waals surface area (Å²) >= 11 is 5.79. The molecule has 0 unspecified atom stereocenters. The van der Waals surface area contributed by atoms with Crippen LogP contribution in [0.2, 0.25) is 5.15 Å². The molecule has 0 radical (unpaired) electrons. The summed E-state index contributed by atoms with van der Waals surface area (Å²) in [5.41, 5.74) is 1.14. The van der Waals surface area contributed by atoms with E-state index in [9.17, 15) is 4.79 Å². The summed E-state index contributed by atoms with van der Waals surface area (Å²) < 4.78 is 4.92. The van der Waals surface area contributed by atoms with E-state index >= 15 is 0 Å². The Morgan fingerprint density at radius 1 is 1.19 bits per heavy atom. The van der Waals surface area contributed by atoms with Gasteiger partial charge in [-0.15, -0.1) is 24.0 Å². The fraction of sp³-hybridized carbons (Fsp3) is 0.632. The second kappa shape index (κ2) is 17.0. The summed E-state index contributed by atoms with van der Waals surface area (Å²) in [7, 11) is 0. The van der Waals surface area contributed by atoms with Crippen molar-refractivity contribution < 1.29 is 9.53 Å². The van der Waals surface area contributed by atoms with Crippen LogP contribution >= 0.6 is 35.6 Å². The number of esters is 1. The van der Waals surface area contributed by atoms with Crippen LogP contribution in [0.3, 0.4) is 0 Å². The first-order valence-corrected chi connectivity index (χ1v) is 9.81. The molecule has 6 nitrogen and oxygen atoms in total. The van der Waals surface area contributed by atoms with Gasteiger partial charge in [-0.25, -0.2) is 4.98 Å². The smallest absolute Gasteiger partial charge is 0.305 e. The largest absolute Gasteiger partial charge is 0.466 e. The minimum atomic E-state index is -0.0972. The quantitative estimate of drug-likeness (QED) is 0.111. The molecule has 0 amide bonds. The monoisotopic (exact) mass is 510 g/mol. The predicted molar refractivity (Wildman–Crippen MR) is 122 cm³/mol. The summed E-state index contributed by atoms with van der Waals surface area (Å²) in [4.78, 5) is 19.9. The van der Waals surface area contributed by atoms with Gasteiger partial charge < -0.3 is 15.4 Å². The number of nitrogens with one attached hydrogen (secondary N) is 2. The van der Waals surface area contributed by atoms with Crippen molar-refractivity contribution in [2.24, 2.45) is 4.99 Å². The van der Waals surface area contributed by atoms with Crippen LogP contribution in [0.15, 0.2) is 23.3 Å². The van der Waals surface area contributed by atoms with Crippen LogP contribution < -0.4 is 10.6 Å². The van der Waals surface area contributed by atoms with Gasteiger partial charge in [-0.1, -0.05) is 30.5 Å². The maximum Gasteiger partial charge on any atom is 0.305 e. The van der Waals surface area contributed by atoms with Crippen LogP contribution in [0.5, 0.6) is 0 Å². The Morgan fingerprint density at radius 2 is 1.96 bits per heavy atom. The van der Waals surface area contributed by atoms with Crippen LogP contribution in [0.25, 0.3) is 0 Å². The second-order valence-corrected chi connectivity index (χ2v) is 6.28. The average Bonchev–Trinajstić information content (AvgIpc) is 2.62. The Balaban J connectivity index is 0.00000676. The summed E-state index contributed by atoms with van der Waals surface area (Å²) in [6, 6.07) is 3.79. The zero-order chi connectivity index (χ0) is 19.0. The SMILES string of the molecule is CCNC(=NCCCCCCC(=O)OCC)NCCc1ccc(Cl)nc1.I. The minimum absolute atomic E-state index is 0. The first-order valence-electron chi connectivity index (χ1n) is 9.44. The molecule has 1 heterocycles. The van der Waals surface area contributed by atoms with Crippen molar-refractivity contribution in [1.29, 1.82) is 0 Å². The number of halogens is 2. The van der Waals surface area contributed by atoms with Crippen LogP contribution in [0, 0.1) is 0 Å². The van der Waals surface area contributed by atoms with Crippen molar-refractivity contribution >= 4 is 47.5 Å². The Labute approximate surface area is 184 Å². The lowest BCUT2D eigenvalue weighted by atomic mass is 10.1. The van der Waals surface area contributed by atoms with Gasteiger partial charge in [-0.2, -0.15) is 0 Å². The molecule has 8 heteroatoms. The van der Waals surface area contributed by atoms with Crippen LogP contribution in [-0.4, -0.2) is 43.2 Å². The van der Waals surface area contributed by atoms with Crippen molar-refractivity contribution in [2.75, 3.05) is 26.2 Å². The lowest BCUT2D eigenvalue weighted by Crippen LogP contribution is -2.38. The molecule has 0 aliphatic rings. The third kappa shape index (κ3) is 13.7. The van der Waals surface area contributed by atoms with E-state index < -0.39 is 0 Å². The van der Waals surface area contributed by atoms with Crippen LogP contribution in [0.1, 0.15) is 51.5 Å². The first kappa shape index (κ1) is 25.9. The number of carbonyl (C=O) groups excluding carboxylic acids is 1. The highest BCUT2D eigenvalue weighted by Crippen LogP contribution is 2.06. The first-order chi connectivity index (χ1) is 12.7. The maximum absolute atomic E-state index is 11.2. The highest BCUT2D eigenvalue weighted by Gasteiger charge is 2.01. The molecule has 1 rings (SSSR count). The molecule has 1 aromatic heterocycles. The number of pyridine rings is 1. The van der Waals surface area contributed by atoms with Crippen molar-refractivity contribution in [3.8, 4) is 0 Å². The molecule has 0 spiro atoms. The average molecular weight is 511 g/mol. The number of unbranched alkanes of at least 4 members (excludes halogenated alkanes) is 3. The van der Waals surface area contributed by atoms with Gasteiger partial charge in [0.25, 0.3) is 0 Å². The molecule has 154 valence electrons. The summed E-state index contributed by atoms with van der Waals surface area (Å²) in [6.45, 7) is 6.73. The normalized spacial score (nSPS) is 10.9. The number of aliphatic imine (C=N–C) groups is 1. The number of aromatic nitrogens is 1. The molecule has 1 aromatic rings. The molecule has 0 aliphatic heterocycles. The van der Waals surface area contributed by atoms with Gasteiger partial charge in [-0.3, -0.25) is 9.79 Å². The summed E-state index contributed by atoms with van der Waals surface area (Å²) in [6.07, 6.45) is 7.17. The molecular formula is C19H32ClIN4O2. The maximum atomic E-state index is 11.2. The molecule has 0 aliphatic carbocycles. The zero-order valence-electron chi connectivity index (χ0n) is 16.3. The van der Waals surface area contributed by atoms with Gasteiger partial charge in [0.2, 0.25) is 0 Å². The van der Waals surface area contributed by atoms with E-state index in [4.69, 9.17) is 16.3 Å². The molecule has 0 bridgehead atoms. The molecule has 27 heavy (non-hydrogen) atoms. The van der Waals surface area contributed by atoms with Gasteiger partial charge in [0, 0.05) is 32.3 Å². The Kier molecular flexibility index (Phi) is 16.4. The van der Waals surface area contributed by atoms with Gasteiger partial charge in [0.05, 0.1) is 6.61 Å². The molecule has 0 atom stereocenters. The summed E-state index contributed by atoms with van der Waals surface area (Å²) in [5, 5.41) is 7.09. The van der Waals surface area contributed by atoms with E-state index in [2.05, 4.69) is 27.5 Å². The molecular weight excluding hydrogens is 479 g/mol. The lowest BCUT2D eigenvalue weighted by molar-refractivity contribution is -0.143. The highest BCUT2D eigenvalue weighted by molar-refractivity contribution is 14.0. The Bertz CT molecular complexity index is 541. The number of ether oxygens (including phenoxy) is 1. The second-order valence-electron chi connectivity index (χ2n) is 5.90. The van der Waals surface area contributed by atoms with Gasteiger partial charge >= 0.3 is 5.97 Å². The number of guanidine groups is 1. The minimum Gasteiger partial charge on any atom is -0.466 e. The van der Waals surface area contributed by atoms with Gasteiger partial charge in [0.15, 0.2) is 5.96 Å². The van der Waals surface area contributed by atoms with Crippen LogP contribution in [0.4, 0.5) is 0 Å². The van der Waals surface area contributed by atoms with Crippen LogP contribution in [-0.2, 0) is 16.0 Å². The number of rotatable bonds is 12. The van der Waals surface area contributed by atoms with Crippen molar-refractivity contribution in [3.05, 3.63) is 29.0 Å². The fourth-order valence-electron chi connectivity index (χ4n) is 2.38. The highest BCUT2D eigenvalue weighted by atomic mass is 127. The Hall–Kier alpha value is -1.09. The lowest BCUT2D eigenvalue weighted by Gasteiger charge is -2.11. The van der Waals surface area contributed by atoms with E-state index in [-0.39, 0.29) is 29.9 Å². The standard InChI is InChI=1S/C19H31ClN4O2.HI/c1-3-21-19(23-14-12-16-10-11-17(20)24-15-16)22-13-8-6-5-7-9-18(25)26-4-2;/h10-11,15H,3-9,12-14H2,1-2H3,(H2,21,22,23);1H. The van der Waals surface area contributed by atoms with E-state index in [1.165, 1.54) is 0 Å². The number of carbonyl (C=O) groups is 1. The third-order valence-electron chi connectivity index (χ3n) is 3.70.